The van der Waals surface area contributed by atoms with Crippen LogP contribution in [0.2, 0.25) is 0 Å². The molecule has 5 aromatic rings. The van der Waals surface area contributed by atoms with E-state index in [9.17, 15) is 0 Å². The molecule has 0 spiro atoms. The highest BCUT2D eigenvalue weighted by atomic mass is 32.1. The Hall–Kier alpha value is -3.03. The molecule has 4 unspecified atom stereocenters. The first-order valence-corrected chi connectivity index (χ1v) is 15.5. The van der Waals surface area contributed by atoms with Gasteiger partial charge in [0, 0.05) is 4.90 Å². The van der Waals surface area contributed by atoms with Crippen LogP contribution in [0.5, 0.6) is 0 Å². The van der Waals surface area contributed by atoms with Gasteiger partial charge < -0.3 is 0 Å². The second-order valence-corrected chi connectivity index (χ2v) is 13.2. The monoisotopic (exact) mass is 524 g/mol. The molecule has 0 heterocycles. The summed E-state index contributed by atoms with van der Waals surface area (Å²) in [5.41, 5.74) is 9.93. The zero-order chi connectivity index (χ0) is 26.1. The van der Waals surface area contributed by atoms with Gasteiger partial charge in [0.25, 0.3) is 0 Å². The molecule has 0 nitrogen and oxygen atoms in total. The van der Waals surface area contributed by atoms with E-state index in [4.69, 9.17) is 12.6 Å². The van der Waals surface area contributed by atoms with Crippen LogP contribution in [0.4, 0.5) is 0 Å². The molecular weight excluding hydrogens is 488 g/mol. The molecule has 3 aliphatic carbocycles. The molecule has 194 valence electrons. The summed E-state index contributed by atoms with van der Waals surface area (Å²) < 4.78 is 0. The Morgan fingerprint density at radius 2 is 1.15 bits per heavy atom. The van der Waals surface area contributed by atoms with E-state index in [1.165, 1.54) is 110 Å². The standard InChI is InChI=1S/C38H36S/c1-23-18-25-13-14-27(25)21-30(19-23)35-22-29(16-17-36(35)39)38-33-8-4-2-6-31(33)37(32-7-3-5-9-34(32)38)28-15-11-24-10-12-26(24)20-28/h2-9,11,15-17,20,22-23,25,27,30,39H,10,12-14,18-19,21H2,1H3. The van der Waals surface area contributed by atoms with Crippen LogP contribution in [0.1, 0.15) is 61.6 Å². The van der Waals surface area contributed by atoms with E-state index in [1.807, 2.05) is 0 Å². The first kappa shape index (κ1) is 23.8. The van der Waals surface area contributed by atoms with Gasteiger partial charge in [-0.25, -0.2) is 0 Å². The van der Waals surface area contributed by atoms with Crippen molar-refractivity contribution >= 4 is 34.2 Å². The van der Waals surface area contributed by atoms with E-state index in [0.29, 0.717) is 5.92 Å². The molecule has 0 radical (unpaired) electrons. The highest BCUT2D eigenvalue weighted by molar-refractivity contribution is 7.80. The summed E-state index contributed by atoms with van der Waals surface area (Å²) in [6.45, 7) is 2.48. The fourth-order valence-corrected chi connectivity index (χ4v) is 8.53. The fraction of sp³-hybridized carbons (Fsp3) is 0.316. The molecule has 0 bridgehead atoms. The molecule has 0 saturated heterocycles. The lowest BCUT2D eigenvalue weighted by Crippen LogP contribution is -2.25. The van der Waals surface area contributed by atoms with Crippen LogP contribution in [0.25, 0.3) is 43.8 Å². The van der Waals surface area contributed by atoms with Crippen molar-refractivity contribution in [2.75, 3.05) is 0 Å². The lowest BCUT2D eigenvalue weighted by atomic mass is 9.69. The number of hydrogen-bond donors (Lipinski definition) is 1. The van der Waals surface area contributed by atoms with Gasteiger partial charge in [0.2, 0.25) is 0 Å². The van der Waals surface area contributed by atoms with Crippen LogP contribution in [-0.2, 0) is 12.8 Å². The van der Waals surface area contributed by atoms with Crippen LogP contribution in [0.15, 0.2) is 89.8 Å². The molecule has 0 N–H and O–H groups in total. The normalized spacial score (nSPS) is 23.9. The van der Waals surface area contributed by atoms with E-state index in [1.54, 1.807) is 0 Å². The first-order chi connectivity index (χ1) is 19.1. The minimum atomic E-state index is 0.613. The highest BCUT2D eigenvalue weighted by Gasteiger charge is 2.37. The number of thiol groups is 1. The lowest BCUT2D eigenvalue weighted by Gasteiger charge is -2.37. The third kappa shape index (κ3) is 3.88. The molecule has 0 aliphatic heterocycles. The third-order valence-electron chi connectivity index (χ3n) is 10.4. The molecule has 0 aromatic heterocycles. The Morgan fingerprint density at radius 1 is 0.590 bits per heavy atom. The predicted molar refractivity (Wildman–Crippen MR) is 169 cm³/mol. The van der Waals surface area contributed by atoms with Crippen molar-refractivity contribution in [1.82, 2.24) is 0 Å². The maximum atomic E-state index is 5.04. The maximum absolute atomic E-state index is 5.04. The minimum absolute atomic E-state index is 0.613. The molecule has 2 fully saturated rings. The second-order valence-electron chi connectivity index (χ2n) is 12.7. The zero-order valence-electron chi connectivity index (χ0n) is 22.8. The van der Waals surface area contributed by atoms with E-state index in [-0.39, 0.29) is 0 Å². The van der Waals surface area contributed by atoms with Crippen molar-refractivity contribution in [3.05, 3.63) is 102 Å². The summed E-state index contributed by atoms with van der Waals surface area (Å²) in [5.74, 6) is 3.29. The van der Waals surface area contributed by atoms with Crippen molar-refractivity contribution in [2.45, 2.75) is 62.7 Å². The van der Waals surface area contributed by atoms with Crippen LogP contribution in [-0.4, -0.2) is 0 Å². The van der Waals surface area contributed by atoms with E-state index in [0.717, 1.165) is 17.8 Å². The van der Waals surface area contributed by atoms with Crippen molar-refractivity contribution in [3.63, 3.8) is 0 Å². The first-order valence-electron chi connectivity index (χ1n) is 15.0. The smallest absolute Gasteiger partial charge is 0.00752 e. The van der Waals surface area contributed by atoms with E-state index >= 15 is 0 Å². The minimum Gasteiger partial charge on any atom is -0.143 e. The number of rotatable bonds is 3. The topological polar surface area (TPSA) is 0 Å². The Bertz CT molecular complexity index is 1690. The third-order valence-corrected chi connectivity index (χ3v) is 10.8. The zero-order valence-corrected chi connectivity index (χ0v) is 23.7. The van der Waals surface area contributed by atoms with Gasteiger partial charge in [0.05, 0.1) is 0 Å². The van der Waals surface area contributed by atoms with Gasteiger partial charge in [0.1, 0.15) is 0 Å². The molecule has 0 amide bonds. The molecule has 5 aromatic carbocycles. The number of hydrogen-bond acceptors (Lipinski definition) is 1. The fourth-order valence-electron chi connectivity index (χ4n) is 8.21. The largest absolute Gasteiger partial charge is 0.143 e. The summed E-state index contributed by atoms with van der Waals surface area (Å²) >= 11 is 5.04. The molecule has 8 rings (SSSR count). The molecular formula is C38H36S. The molecule has 4 atom stereocenters. The molecule has 3 aliphatic rings. The van der Waals surface area contributed by atoms with Gasteiger partial charge in [-0.1, -0.05) is 79.7 Å². The van der Waals surface area contributed by atoms with Crippen LogP contribution in [0.3, 0.4) is 0 Å². The van der Waals surface area contributed by atoms with Gasteiger partial charge >= 0.3 is 0 Å². The summed E-state index contributed by atoms with van der Waals surface area (Å²) in [4.78, 5) is 1.17. The van der Waals surface area contributed by atoms with Crippen LogP contribution in [0, 0.1) is 17.8 Å². The summed E-state index contributed by atoms with van der Waals surface area (Å²) in [6, 6.07) is 32.4. The van der Waals surface area contributed by atoms with Crippen LogP contribution >= 0.6 is 12.6 Å². The quantitative estimate of drug-likeness (QED) is 0.176. The predicted octanol–water partition coefficient (Wildman–Crippen LogP) is 10.6. The highest BCUT2D eigenvalue weighted by Crippen LogP contribution is 2.51. The van der Waals surface area contributed by atoms with Gasteiger partial charge in [-0.3, -0.25) is 0 Å². The van der Waals surface area contributed by atoms with Crippen molar-refractivity contribution in [1.29, 1.82) is 0 Å². The Balaban J connectivity index is 1.34. The van der Waals surface area contributed by atoms with Gasteiger partial charge in [-0.05, 0) is 141 Å². The average molecular weight is 525 g/mol. The van der Waals surface area contributed by atoms with Crippen LogP contribution < -0.4 is 0 Å². The summed E-state index contributed by atoms with van der Waals surface area (Å²) in [6.07, 6.45) is 9.35. The van der Waals surface area contributed by atoms with E-state index in [2.05, 4.69) is 91.9 Å². The van der Waals surface area contributed by atoms with Gasteiger partial charge in [-0.2, -0.15) is 0 Å². The van der Waals surface area contributed by atoms with Crippen molar-refractivity contribution in [2.24, 2.45) is 17.8 Å². The SMILES string of the molecule is CC1CC(c2cc(-c3c4ccccc4c(-c4ccc5c(c4)CC5)c4ccccc34)ccc2S)CC2CCC2C1. The second kappa shape index (κ2) is 9.27. The Labute approximate surface area is 237 Å². The molecule has 1 heteroatoms. The summed E-state index contributed by atoms with van der Waals surface area (Å²) in [7, 11) is 0. The molecule has 39 heavy (non-hydrogen) atoms. The van der Waals surface area contributed by atoms with Gasteiger partial charge in [0.15, 0.2) is 0 Å². The molecule has 2 saturated carbocycles. The Kier molecular flexibility index (Phi) is 5.66. The Morgan fingerprint density at radius 3 is 1.72 bits per heavy atom. The van der Waals surface area contributed by atoms with E-state index < -0.39 is 0 Å². The lowest BCUT2D eigenvalue weighted by molar-refractivity contribution is 0.152. The number of aryl methyl sites for hydroxylation is 2. The number of benzene rings is 5. The maximum Gasteiger partial charge on any atom is 0.00752 e. The average Bonchev–Trinajstić information content (AvgIpc) is 3.04. The van der Waals surface area contributed by atoms with Crippen molar-refractivity contribution in [3.8, 4) is 22.3 Å². The summed E-state index contributed by atoms with van der Waals surface area (Å²) in [5, 5.41) is 5.39. The number of fused-ring (bicyclic) bond motifs is 4. The van der Waals surface area contributed by atoms with Gasteiger partial charge in [-0.15, -0.1) is 12.6 Å². The van der Waals surface area contributed by atoms with Crippen molar-refractivity contribution < 1.29 is 0 Å².